The van der Waals surface area contributed by atoms with Crippen molar-refractivity contribution in [1.82, 2.24) is 20.2 Å². The number of rotatable bonds is 3. The van der Waals surface area contributed by atoms with E-state index >= 15 is 0 Å². The largest absolute Gasteiger partial charge is 0.492 e. The number of anilines is 2. The number of hydrogen-bond donors (Lipinski definition) is 3. The van der Waals surface area contributed by atoms with Gasteiger partial charge in [-0.15, -0.1) is 0 Å². The first-order chi connectivity index (χ1) is 18.5. The maximum atomic E-state index is 14.6. The Balaban J connectivity index is 1.52. The summed E-state index contributed by atoms with van der Waals surface area (Å²) in [6.45, 7) is 2.32. The van der Waals surface area contributed by atoms with Crippen LogP contribution in [-0.4, -0.2) is 60.0 Å². The lowest BCUT2D eigenvalue weighted by Gasteiger charge is -2.33. The number of carbonyl (C=O) groups is 2. The predicted molar refractivity (Wildman–Crippen MR) is 139 cm³/mol. The van der Waals surface area contributed by atoms with Crippen LogP contribution < -0.4 is 20.1 Å². The fourth-order valence-electron chi connectivity index (χ4n) is 5.77. The molecule has 0 spiro atoms. The lowest BCUT2D eigenvalue weighted by Crippen LogP contribution is -2.41. The van der Waals surface area contributed by atoms with Crippen molar-refractivity contribution in [2.45, 2.75) is 31.6 Å². The van der Waals surface area contributed by atoms with Crippen LogP contribution in [0.25, 0.3) is 11.3 Å². The average molecular weight is 520 g/mol. The summed E-state index contributed by atoms with van der Waals surface area (Å²) < 4.78 is 26.1. The molecule has 6 heterocycles. The average Bonchev–Trinajstić information content (AvgIpc) is 3.30. The number of nitrogens with one attached hydrogen (secondary N) is 3. The molecule has 0 saturated carbocycles. The summed E-state index contributed by atoms with van der Waals surface area (Å²) in [7, 11) is 1.40. The van der Waals surface area contributed by atoms with Gasteiger partial charge in [-0.3, -0.25) is 14.6 Å². The van der Waals surface area contributed by atoms with E-state index in [2.05, 4.69) is 20.6 Å². The van der Waals surface area contributed by atoms with E-state index in [-0.39, 0.29) is 29.9 Å². The topological polar surface area (TPSA) is 109 Å². The molecule has 1 atom stereocenters. The van der Waals surface area contributed by atoms with E-state index in [1.54, 1.807) is 24.5 Å². The molecule has 9 nitrogen and oxygen atoms in total. The quantitative estimate of drug-likeness (QED) is 0.479. The Hall–Kier alpha value is -4.08. The summed E-state index contributed by atoms with van der Waals surface area (Å²) in [6.07, 6.45) is 6.41. The number of H-pyrrole nitrogens is 1. The van der Waals surface area contributed by atoms with Gasteiger partial charge in [0.05, 0.1) is 42.5 Å². The van der Waals surface area contributed by atoms with E-state index in [9.17, 15) is 14.0 Å². The van der Waals surface area contributed by atoms with Crippen LogP contribution in [0.15, 0.2) is 36.7 Å². The van der Waals surface area contributed by atoms with Crippen molar-refractivity contribution in [2.24, 2.45) is 5.92 Å². The number of hydrogen-bond acceptors (Lipinski definition) is 6. The summed E-state index contributed by atoms with van der Waals surface area (Å²) in [6, 6.07) is 6.40. The third-order valence-electron chi connectivity index (χ3n) is 7.83. The number of piperidine rings is 1. The monoisotopic (exact) mass is 519 g/mol. The summed E-state index contributed by atoms with van der Waals surface area (Å²) >= 11 is 0. The van der Waals surface area contributed by atoms with Crippen LogP contribution >= 0.6 is 0 Å². The first kappa shape index (κ1) is 24.3. The number of benzene rings is 1. The zero-order chi connectivity index (χ0) is 26.2. The van der Waals surface area contributed by atoms with Crippen LogP contribution in [0.3, 0.4) is 0 Å². The SMILES string of the molecule is COc1c(F)cccc1Nc1c2[nH]c3c1C(=O)NCC3CC(=O)N1CCC(CCOc3cnccc3-2)CC1. The van der Waals surface area contributed by atoms with E-state index in [1.165, 1.54) is 13.2 Å². The standard InChI is InChI=1S/C28H30FN5O4/c1-37-27-19(29)3-2-4-20(27)32-26-23-24-17(14-31-28(23)36)13-22(35)34-10-6-16(7-11-34)8-12-38-21-15-30-9-5-18(21)25(26)33-24/h2-5,9,15-17,32-33H,6-8,10-14H2,1H3,(H,31,36). The molecule has 3 aromatic rings. The Morgan fingerprint density at radius 2 is 2.03 bits per heavy atom. The third kappa shape index (κ3) is 4.33. The number of carbonyl (C=O) groups excluding carboxylic acids is 2. The number of methoxy groups -OCH3 is 1. The molecule has 4 aliphatic heterocycles. The van der Waals surface area contributed by atoms with Gasteiger partial charge in [0, 0.05) is 49.4 Å². The molecule has 3 N–H and O–H groups in total. The van der Waals surface area contributed by atoms with E-state index < -0.39 is 5.82 Å². The number of pyridine rings is 1. The summed E-state index contributed by atoms with van der Waals surface area (Å²) in [4.78, 5) is 36.3. The van der Waals surface area contributed by atoms with Crippen molar-refractivity contribution in [3.63, 3.8) is 0 Å². The van der Waals surface area contributed by atoms with Crippen molar-refractivity contribution in [3.05, 3.63) is 53.7 Å². The van der Waals surface area contributed by atoms with Gasteiger partial charge in [0.1, 0.15) is 5.75 Å². The van der Waals surface area contributed by atoms with Gasteiger partial charge >= 0.3 is 0 Å². The van der Waals surface area contributed by atoms with Gasteiger partial charge in [-0.05, 0) is 43.4 Å². The zero-order valence-electron chi connectivity index (χ0n) is 21.2. The number of nitrogens with zero attached hydrogens (tertiary/aromatic N) is 2. The van der Waals surface area contributed by atoms with Gasteiger partial charge in [-0.2, -0.15) is 0 Å². The van der Waals surface area contributed by atoms with Gasteiger partial charge in [-0.1, -0.05) is 6.07 Å². The van der Waals surface area contributed by atoms with Gasteiger partial charge in [-0.25, -0.2) is 4.39 Å². The van der Waals surface area contributed by atoms with Crippen molar-refractivity contribution < 1.29 is 23.5 Å². The Labute approximate surface area is 219 Å². The molecular formula is C28H30FN5O4. The minimum atomic E-state index is -0.525. The molecule has 1 aromatic carbocycles. The normalized spacial score (nSPS) is 21.1. The minimum absolute atomic E-state index is 0.0357. The van der Waals surface area contributed by atoms with Crippen molar-refractivity contribution in [2.75, 3.05) is 38.7 Å². The van der Waals surface area contributed by atoms with Crippen LogP contribution in [0, 0.1) is 11.7 Å². The summed E-state index contributed by atoms with van der Waals surface area (Å²) in [5.41, 5.74) is 3.21. The molecule has 1 unspecified atom stereocenters. The maximum absolute atomic E-state index is 14.6. The molecule has 7 rings (SSSR count). The van der Waals surface area contributed by atoms with Crippen LogP contribution in [0.2, 0.25) is 0 Å². The molecule has 198 valence electrons. The van der Waals surface area contributed by atoms with E-state index in [4.69, 9.17) is 9.47 Å². The molecule has 1 saturated heterocycles. The molecule has 4 aliphatic rings. The molecule has 2 aromatic heterocycles. The molecule has 0 aliphatic carbocycles. The van der Waals surface area contributed by atoms with Crippen LogP contribution in [0.5, 0.6) is 11.5 Å². The van der Waals surface area contributed by atoms with Crippen LogP contribution in [0.1, 0.15) is 47.7 Å². The van der Waals surface area contributed by atoms with Gasteiger partial charge in [0.15, 0.2) is 11.6 Å². The fraction of sp³-hybridized carbons (Fsp3) is 0.393. The highest BCUT2D eigenvalue weighted by molar-refractivity contribution is 6.07. The number of halogens is 1. The zero-order valence-corrected chi connectivity index (χ0v) is 21.2. The maximum Gasteiger partial charge on any atom is 0.255 e. The van der Waals surface area contributed by atoms with Crippen LogP contribution in [-0.2, 0) is 4.79 Å². The lowest BCUT2D eigenvalue weighted by atomic mass is 9.91. The number of fused-ring (bicyclic) bond motifs is 5. The fourth-order valence-corrected chi connectivity index (χ4v) is 5.77. The second-order valence-electron chi connectivity index (χ2n) is 10.1. The van der Waals surface area contributed by atoms with Crippen molar-refractivity contribution in [3.8, 4) is 22.8 Å². The highest BCUT2D eigenvalue weighted by atomic mass is 19.1. The molecule has 4 bridgehead atoms. The lowest BCUT2D eigenvalue weighted by molar-refractivity contribution is -0.133. The van der Waals surface area contributed by atoms with Crippen LogP contribution in [0.4, 0.5) is 15.8 Å². The van der Waals surface area contributed by atoms with E-state index in [0.29, 0.717) is 58.7 Å². The molecule has 38 heavy (non-hydrogen) atoms. The Morgan fingerprint density at radius 3 is 2.84 bits per heavy atom. The summed E-state index contributed by atoms with van der Waals surface area (Å²) in [5, 5.41) is 6.22. The number of aromatic nitrogens is 2. The Bertz CT molecular complexity index is 1380. The number of ether oxygens (including phenoxy) is 2. The highest BCUT2D eigenvalue weighted by Gasteiger charge is 2.36. The van der Waals surface area contributed by atoms with Gasteiger partial charge in [0.25, 0.3) is 5.91 Å². The first-order valence-corrected chi connectivity index (χ1v) is 13.0. The van der Waals surface area contributed by atoms with Gasteiger partial charge in [0.2, 0.25) is 5.91 Å². The predicted octanol–water partition coefficient (Wildman–Crippen LogP) is 4.21. The first-order valence-electron chi connectivity index (χ1n) is 13.0. The number of aromatic amines is 1. The third-order valence-corrected chi connectivity index (χ3v) is 7.83. The molecular weight excluding hydrogens is 489 g/mol. The Kier molecular flexibility index (Phi) is 6.39. The highest BCUT2D eigenvalue weighted by Crippen LogP contribution is 2.44. The number of amides is 2. The van der Waals surface area contributed by atoms with Gasteiger partial charge < -0.3 is 30.0 Å². The van der Waals surface area contributed by atoms with E-state index in [1.807, 2.05) is 11.0 Å². The molecule has 1 fully saturated rings. The number of para-hydroxylation sites is 1. The molecule has 10 heteroatoms. The summed E-state index contributed by atoms with van der Waals surface area (Å²) in [5.74, 6) is 0.162. The minimum Gasteiger partial charge on any atom is -0.492 e. The second kappa shape index (κ2) is 10.00. The molecule has 0 radical (unpaired) electrons. The Morgan fingerprint density at radius 1 is 1.18 bits per heavy atom. The van der Waals surface area contributed by atoms with E-state index in [0.717, 1.165) is 32.4 Å². The second-order valence-corrected chi connectivity index (χ2v) is 10.1. The molecule has 2 amide bonds. The van der Waals surface area contributed by atoms with Crippen molar-refractivity contribution >= 4 is 23.2 Å². The smallest absolute Gasteiger partial charge is 0.255 e. The van der Waals surface area contributed by atoms with Crippen molar-refractivity contribution in [1.29, 1.82) is 0 Å².